The zero-order chi connectivity index (χ0) is 14.3. The van der Waals surface area contributed by atoms with Crippen molar-refractivity contribution in [3.63, 3.8) is 0 Å². The fourth-order valence-electron chi connectivity index (χ4n) is 1.32. The highest BCUT2D eigenvalue weighted by molar-refractivity contribution is 9.10. The van der Waals surface area contributed by atoms with Gasteiger partial charge in [-0.15, -0.1) is 0 Å². The van der Waals surface area contributed by atoms with Gasteiger partial charge in [-0.3, -0.25) is 0 Å². The van der Waals surface area contributed by atoms with Crippen molar-refractivity contribution < 1.29 is 36.2 Å². The Kier molecular flexibility index (Phi) is 3.66. The van der Waals surface area contributed by atoms with Crippen LogP contribution in [-0.2, 0) is 12.4 Å². The van der Waals surface area contributed by atoms with Crippen LogP contribution in [0.15, 0.2) is 16.6 Å². The maximum absolute atomic E-state index is 12.6. The van der Waals surface area contributed by atoms with Crippen molar-refractivity contribution in [1.29, 1.82) is 0 Å². The topological polar surface area (TPSA) is 37.3 Å². The first kappa shape index (κ1) is 14.8. The lowest BCUT2D eigenvalue weighted by Crippen LogP contribution is -2.21. The highest BCUT2D eigenvalue weighted by Gasteiger charge is 2.46. The van der Waals surface area contributed by atoms with E-state index in [4.69, 9.17) is 5.11 Å². The van der Waals surface area contributed by atoms with Gasteiger partial charge in [0.05, 0.1) is 16.7 Å². The molecule has 1 aromatic carbocycles. The van der Waals surface area contributed by atoms with Gasteiger partial charge in [0.2, 0.25) is 0 Å². The van der Waals surface area contributed by atoms with Crippen molar-refractivity contribution in [2.75, 3.05) is 0 Å². The number of carbonyl (C=O) groups is 1. The minimum Gasteiger partial charge on any atom is -0.478 e. The summed E-state index contributed by atoms with van der Waals surface area (Å²) in [4.78, 5) is 10.7. The van der Waals surface area contributed by atoms with Gasteiger partial charge in [0.1, 0.15) is 0 Å². The minimum atomic E-state index is -5.43. The molecule has 0 heterocycles. The van der Waals surface area contributed by atoms with E-state index in [0.29, 0.717) is 6.07 Å². The third kappa shape index (κ3) is 2.77. The first-order valence-corrected chi connectivity index (χ1v) is 4.95. The molecule has 0 spiro atoms. The molecule has 18 heavy (non-hydrogen) atoms. The molecule has 0 unspecified atom stereocenters. The molecule has 1 aromatic rings. The van der Waals surface area contributed by atoms with Gasteiger partial charge < -0.3 is 5.11 Å². The number of benzene rings is 1. The van der Waals surface area contributed by atoms with Crippen LogP contribution in [0.4, 0.5) is 26.3 Å². The van der Waals surface area contributed by atoms with Gasteiger partial charge in [-0.25, -0.2) is 4.79 Å². The fraction of sp³-hybridized carbons (Fsp3) is 0.222. The molecule has 100 valence electrons. The van der Waals surface area contributed by atoms with Crippen molar-refractivity contribution in [1.82, 2.24) is 0 Å². The maximum Gasteiger partial charge on any atom is 0.417 e. The van der Waals surface area contributed by atoms with E-state index in [1.807, 2.05) is 0 Å². The van der Waals surface area contributed by atoms with Gasteiger partial charge in [0.15, 0.2) is 0 Å². The average Bonchev–Trinajstić information content (AvgIpc) is 2.12. The summed E-state index contributed by atoms with van der Waals surface area (Å²) in [5.41, 5.74) is -5.70. The molecule has 9 heteroatoms. The first-order chi connectivity index (χ1) is 7.96. The van der Waals surface area contributed by atoms with Gasteiger partial charge >= 0.3 is 18.3 Å². The van der Waals surface area contributed by atoms with E-state index in [9.17, 15) is 31.1 Å². The van der Waals surface area contributed by atoms with E-state index in [0.717, 1.165) is 0 Å². The third-order valence-electron chi connectivity index (χ3n) is 1.96. The Labute approximate surface area is 104 Å². The van der Waals surface area contributed by atoms with E-state index >= 15 is 0 Å². The second-order valence-electron chi connectivity index (χ2n) is 3.15. The van der Waals surface area contributed by atoms with Gasteiger partial charge in [-0.2, -0.15) is 26.3 Å². The highest BCUT2D eigenvalue weighted by atomic mass is 79.9. The van der Waals surface area contributed by atoms with Crippen LogP contribution in [0, 0.1) is 0 Å². The van der Waals surface area contributed by atoms with Gasteiger partial charge in [0, 0.05) is 4.47 Å². The number of carboxylic acid groups (broad SMARTS) is 1. The van der Waals surface area contributed by atoms with E-state index in [2.05, 4.69) is 15.9 Å². The molecule has 0 radical (unpaired) electrons. The third-order valence-corrected chi connectivity index (χ3v) is 2.62. The quantitative estimate of drug-likeness (QED) is 0.781. The SMILES string of the molecule is O=C(O)c1c(Br)ccc(C(F)(F)F)c1C(F)(F)F. The summed E-state index contributed by atoms with van der Waals surface area (Å²) in [5.74, 6) is -2.10. The molecular formula is C9H3BrF6O2. The summed E-state index contributed by atoms with van der Waals surface area (Å²) >= 11 is 2.49. The molecule has 0 atom stereocenters. The lowest BCUT2D eigenvalue weighted by atomic mass is 10.00. The summed E-state index contributed by atoms with van der Waals surface area (Å²) in [6.45, 7) is 0. The Morgan fingerprint density at radius 2 is 1.56 bits per heavy atom. The van der Waals surface area contributed by atoms with E-state index in [-0.39, 0.29) is 6.07 Å². The molecule has 2 nitrogen and oxygen atoms in total. The van der Waals surface area contributed by atoms with Gasteiger partial charge in [-0.1, -0.05) is 0 Å². The van der Waals surface area contributed by atoms with Crippen molar-refractivity contribution in [3.8, 4) is 0 Å². The zero-order valence-electron chi connectivity index (χ0n) is 8.16. The van der Waals surface area contributed by atoms with Crippen LogP contribution in [0.2, 0.25) is 0 Å². The Bertz CT molecular complexity index is 491. The average molecular weight is 337 g/mol. The highest BCUT2D eigenvalue weighted by Crippen LogP contribution is 2.43. The van der Waals surface area contributed by atoms with Crippen LogP contribution < -0.4 is 0 Å². The molecule has 0 saturated heterocycles. The molecule has 0 saturated carbocycles. The lowest BCUT2D eigenvalue weighted by molar-refractivity contribution is -0.162. The number of hydrogen-bond donors (Lipinski definition) is 1. The number of alkyl halides is 6. The second kappa shape index (κ2) is 4.45. The molecular weight excluding hydrogens is 334 g/mol. The van der Waals surface area contributed by atoms with Gasteiger partial charge in [0.25, 0.3) is 0 Å². The van der Waals surface area contributed by atoms with E-state index in [1.54, 1.807) is 0 Å². The molecule has 1 N–H and O–H groups in total. The molecule has 0 aliphatic carbocycles. The molecule has 0 fully saturated rings. The van der Waals surface area contributed by atoms with Crippen molar-refractivity contribution >= 4 is 21.9 Å². The Hall–Kier alpha value is -1.25. The lowest BCUT2D eigenvalue weighted by Gasteiger charge is -2.18. The minimum absolute atomic E-state index is 0.180. The number of halogens is 7. The Morgan fingerprint density at radius 1 is 1.06 bits per heavy atom. The molecule has 0 bridgehead atoms. The van der Waals surface area contributed by atoms with Crippen LogP contribution >= 0.6 is 15.9 Å². The zero-order valence-corrected chi connectivity index (χ0v) is 9.74. The molecule has 0 aromatic heterocycles. The largest absolute Gasteiger partial charge is 0.478 e. The first-order valence-electron chi connectivity index (χ1n) is 4.16. The number of hydrogen-bond acceptors (Lipinski definition) is 1. The standard InChI is InChI=1S/C9H3BrF6O2/c10-4-2-1-3(8(11,12)13)6(9(14,15)16)5(4)7(17)18/h1-2H,(H,17,18). The number of rotatable bonds is 1. The van der Waals surface area contributed by atoms with Crippen molar-refractivity contribution in [3.05, 3.63) is 33.3 Å². The monoisotopic (exact) mass is 336 g/mol. The van der Waals surface area contributed by atoms with E-state index < -0.39 is 39.5 Å². The van der Waals surface area contributed by atoms with Crippen molar-refractivity contribution in [2.24, 2.45) is 0 Å². The second-order valence-corrected chi connectivity index (χ2v) is 4.00. The molecule has 0 aliphatic rings. The number of aromatic carboxylic acids is 1. The van der Waals surface area contributed by atoms with Crippen LogP contribution in [-0.4, -0.2) is 11.1 Å². The summed E-state index contributed by atoms with van der Waals surface area (Å²) < 4.78 is 74.5. The van der Waals surface area contributed by atoms with Crippen LogP contribution in [0.25, 0.3) is 0 Å². The fourth-order valence-corrected chi connectivity index (χ4v) is 1.82. The van der Waals surface area contributed by atoms with E-state index in [1.165, 1.54) is 0 Å². The molecule has 0 aliphatic heterocycles. The number of carboxylic acids is 1. The molecule has 0 amide bonds. The Balaban J connectivity index is 3.78. The van der Waals surface area contributed by atoms with Crippen LogP contribution in [0.3, 0.4) is 0 Å². The molecule has 1 rings (SSSR count). The summed E-state index contributed by atoms with van der Waals surface area (Å²) in [5, 5.41) is 8.60. The predicted molar refractivity (Wildman–Crippen MR) is 51.1 cm³/mol. The predicted octanol–water partition coefficient (Wildman–Crippen LogP) is 4.18. The summed E-state index contributed by atoms with van der Waals surface area (Å²) in [7, 11) is 0. The Morgan fingerprint density at radius 3 is 1.89 bits per heavy atom. The van der Waals surface area contributed by atoms with Crippen LogP contribution in [0.5, 0.6) is 0 Å². The van der Waals surface area contributed by atoms with Crippen LogP contribution in [0.1, 0.15) is 21.5 Å². The smallest absolute Gasteiger partial charge is 0.417 e. The van der Waals surface area contributed by atoms with Crippen molar-refractivity contribution in [2.45, 2.75) is 12.4 Å². The normalized spacial score (nSPS) is 12.6. The summed E-state index contributed by atoms with van der Waals surface area (Å²) in [6.07, 6.45) is -10.7. The summed E-state index contributed by atoms with van der Waals surface area (Å²) in [6, 6.07) is 0.793. The maximum atomic E-state index is 12.6. The van der Waals surface area contributed by atoms with Gasteiger partial charge in [-0.05, 0) is 28.1 Å².